The van der Waals surface area contributed by atoms with Crippen LogP contribution in [0.25, 0.3) is 0 Å². The minimum absolute atomic E-state index is 0.00349. The molecule has 3 saturated heterocycles. The number of thiophene rings is 2. The Balaban J connectivity index is 0.000000219. The molecule has 3 fully saturated rings. The van der Waals surface area contributed by atoms with Crippen LogP contribution in [0.5, 0.6) is 0 Å². The number of rotatable bonds is 14. The van der Waals surface area contributed by atoms with E-state index in [-0.39, 0.29) is 54.8 Å². The zero-order chi connectivity index (χ0) is 46.0. The number of piperazine rings is 1. The van der Waals surface area contributed by atoms with Crippen molar-refractivity contribution in [1.29, 1.82) is 10.8 Å². The van der Waals surface area contributed by atoms with E-state index in [1.807, 2.05) is 19.2 Å². The van der Waals surface area contributed by atoms with Gasteiger partial charge in [-0.25, -0.2) is 9.59 Å². The standard InChI is InChI=1S/C25H31N5O5S.C17H17N3O6S2/c1-17(2)34-22(31)15-29-10-8-28(9-11-29)13-21-14-30(25(33)35-21)20-5-3-18(4-6-20)23(26)27-24(32)19-7-12-36-16-19;1-28(23,24)25-9-14-8-20(17(22)26-14)13-4-2-11(3-5-13)15(18)19-16(21)12-6-7-27-10-12/h3-7,12,16-17,21H,8-11,13-15H2,1-2H3,(H2,26,27,32);2-7,10,14H,8-9H2,1H3,(H2,18,19,21). The Bertz CT molecular complexity index is 2410. The number of anilines is 2. The number of amides is 4. The Hall–Kier alpha value is -6.04. The Morgan fingerprint density at radius 2 is 1.17 bits per heavy atom. The first-order valence-electron chi connectivity index (χ1n) is 20.0. The number of carbonyl (C=O) groups is 5. The van der Waals surface area contributed by atoms with Gasteiger partial charge in [0.2, 0.25) is 0 Å². The molecule has 0 radical (unpaired) electrons. The number of amidine groups is 2. The molecular weight excluding hydrogens is 889 g/mol. The van der Waals surface area contributed by atoms with Crippen molar-refractivity contribution < 1.29 is 50.8 Å². The lowest BCUT2D eigenvalue weighted by molar-refractivity contribution is -0.149. The Labute approximate surface area is 378 Å². The highest BCUT2D eigenvalue weighted by molar-refractivity contribution is 7.86. The van der Waals surface area contributed by atoms with Gasteiger partial charge in [0, 0.05) is 66.0 Å². The third-order valence-corrected chi connectivity index (χ3v) is 11.8. The van der Waals surface area contributed by atoms with Gasteiger partial charge in [-0.05, 0) is 85.3 Å². The molecule has 19 nitrogen and oxygen atoms in total. The highest BCUT2D eigenvalue weighted by atomic mass is 32.2. The van der Waals surface area contributed by atoms with Gasteiger partial charge >= 0.3 is 18.2 Å². The number of nitrogens with one attached hydrogen (secondary N) is 4. The van der Waals surface area contributed by atoms with E-state index >= 15 is 0 Å². The monoisotopic (exact) mass is 936 g/mol. The molecule has 4 amide bonds. The van der Waals surface area contributed by atoms with E-state index in [9.17, 15) is 32.4 Å². The third-order valence-electron chi connectivity index (χ3n) is 9.84. The lowest BCUT2D eigenvalue weighted by atomic mass is 10.1. The van der Waals surface area contributed by atoms with E-state index in [0.717, 1.165) is 32.4 Å². The zero-order valence-corrected chi connectivity index (χ0v) is 37.6. The Morgan fingerprint density at radius 3 is 1.61 bits per heavy atom. The van der Waals surface area contributed by atoms with Gasteiger partial charge in [0.05, 0.1) is 43.1 Å². The second-order valence-corrected chi connectivity index (χ2v) is 18.3. The highest BCUT2D eigenvalue weighted by Crippen LogP contribution is 2.24. The van der Waals surface area contributed by atoms with Gasteiger partial charge in [0.15, 0.2) is 0 Å². The van der Waals surface area contributed by atoms with Gasteiger partial charge in [0.25, 0.3) is 21.9 Å². The molecule has 0 bridgehead atoms. The fraction of sp³-hybridized carbons (Fsp3) is 0.357. The second-order valence-electron chi connectivity index (χ2n) is 15.1. The first kappa shape index (κ1) is 47.4. The minimum Gasteiger partial charge on any atom is -0.462 e. The molecule has 4 N–H and O–H groups in total. The number of nitrogens with zero attached hydrogens (tertiary/aromatic N) is 4. The van der Waals surface area contributed by atoms with Gasteiger partial charge in [-0.3, -0.25) is 49.0 Å². The maximum Gasteiger partial charge on any atom is 0.414 e. The van der Waals surface area contributed by atoms with E-state index in [1.165, 1.54) is 27.6 Å². The number of hydrogen-bond acceptors (Lipinski definition) is 17. The summed E-state index contributed by atoms with van der Waals surface area (Å²) in [5, 5.41) is 28.3. The highest BCUT2D eigenvalue weighted by Gasteiger charge is 2.35. The predicted octanol–water partition coefficient (Wildman–Crippen LogP) is 4.20. The number of carbonyl (C=O) groups excluding carboxylic acids is 5. The summed E-state index contributed by atoms with van der Waals surface area (Å²) in [6.07, 6.45) is -1.16. The smallest absolute Gasteiger partial charge is 0.414 e. The average Bonchev–Trinajstić information content (AvgIpc) is 4.10. The Kier molecular flexibility index (Phi) is 16.0. The van der Waals surface area contributed by atoms with Gasteiger partial charge in [-0.15, -0.1) is 0 Å². The first-order chi connectivity index (χ1) is 30.5. The van der Waals surface area contributed by atoms with Crippen molar-refractivity contribution in [3.63, 3.8) is 0 Å². The first-order valence-corrected chi connectivity index (χ1v) is 23.7. The molecule has 2 aromatic carbocycles. The van der Waals surface area contributed by atoms with Crippen LogP contribution in [0, 0.1) is 10.8 Å². The van der Waals surface area contributed by atoms with Gasteiger partial charge in [0.1, 0.15) is 30.5 Å². The molecule has 0 saturated carbocycles. The van der Waals surface area contributed by atoms with E-state index in [4.69, 9.17) is 25.0 Å². The number of benzene rings is 2. The van der Waals surface area contributed by atoms with Crippen molar-refractivity contribution in [1.82, 2.24) is 20.4 Å². The number of esters is 1. The molecule has 2 unspecified atom stereocenters. The van der Waals surface area contributed by atoms with E-state index in [2.05, 4.69) is 24.6 Å². The number of hydrogen-bond donors (Lipinski definition) is 4. The molecule has 0 aliphatic carbocycles. The molecule has 2 aromatic heterocycles. The molecule has 22 heteroatoms. The molecule has 4 aromatic rings. The van der Waals surface area contributed by atoms with Crippen LogP contribution in [0.1, 0.15) is 45.7 Å². The van der Waals surface area contributed by atoms with E-state index in [0.29, 0.717) is 53.3 Å². The van der Waals surface area contributed by atoms with E-state index < -0.39 is 28.4 Å². The van der Waals surface area contributed by atoms with Crippen LogP contribution in [0.2, 0.25) is 0 Å². The predicted molar refractivity (Wildman–Crippen MR) is 240 cm³/mol. The molecule has 2 atom stereocenters. The minimum atomic E-state index is -3.62. The van der Waals surface area contributed by atoms with E-state index in [1.54, 1.807) is 81.7 Å². The topological polar surface area (TPSA) is 241 Å². The summed E-state index contributed by atoms with van der Waals surface area (Å²) in [7, 11) is -3.62. The quantitative estimate of drug-likeness (QED) is 0.0456. The van der Waals surface area contributed by atoms with Gasteiger partial charge in [-0.1, -0.05) is 0 Å². The summed E-state index contributed by atoms with van der Waals surface area (Å²) >= 11 is 2.81. The SMILES string of the molecule is CC(C)OC(=O)CN1CCN(CC2CN(c3ccc(C(=N)NC(=O)c4ccsc4)cc3)C(=O)O2)CC1.CS(=O)(=O)OCC1CN(c2ccc(C(=N)NC(=O)c3ccsc3)cc2)C(=O)O1. The van der Waals surface area contributed by atoms with Crippen LogP contribution in [0.3, 0.4) is 0 Å². The van der Waals surface area contributed by atoms with Crippen molar-refractivity contribution in [2.75, 3.05) is 75.0 Å². The van der Waals surface area contributed by atoms with Gasteiger partial charge < -0.3 is 24.8 Å². The molecule has 3 aliphatic heterocycles. The van der Waals surface area contributed by atoms with Crippen molar-refractivity contribution >= 4 is 85.8 Å². The fourth-order valence-corrected chi connectivity index (χ4v) is 8.34. The molecule has 64 heavy (non-hydrogen) atoms. The molecule has 0 spiro atoms. The summed E-state index contributed by atoms with van der Waals surface area (Å²) in [4.78, 5) is 67.8. The third kappa shape index (κ3) is 13.5. The maximum absolute atomic E-state index is 12.5. The van der Waals surface area contributed by atoms with Crippen molar-refractivity contribution in [3.05, 3.63) is 104 Å². The molecule has 7 rings (SSSR count). The normalized spacial score (nSPS) is 17.9. The van der Waals surface area contributed by atoms with Crippen LogP contribution in [-0.4, -0.2) is 143 Å². The van der Waals surface area contributed by atoms with Gasteiger partial charge in [-0.2, -0.15) is 31.1 Å². The van der Waals surface area contributed by atoms with Crippen molar-refractivity contribution in [3.8, 4) is 0 Å². The molecule has 5 heterocycles. The average molecular weight is 937 g/mol. The van der Waals surface area contributed by atoms with Crippen LogP contribution in [-0.2, 0) is 33.3 Å². The molecule has 3 aliphatic rings. The summed E-state index contributed by atoms with van der Waals surface area (Å²) in [6, 6.07) is 16.7. The Morgan fingerprint density at radius 1 is 0.719 bits per heavy atom. The van der Waals surface area contributed by atoms with Crippen molar-refractivity contribution in [2.24, 2.45) is 0 Å². The second kappa shape index (κ2) is 21.6. The summed E-state index contributed by atoms with van der Waals surface area (Å²) in [6.45, 7) is 8.02. The lowest BCUT2D eigenvalue weighted by Crippen LogP contribution is -2.50. The number of ether oxygens (including phenoxy) is 3. The van der Waals surface area contributed by atoms with Crippen LogP contribution in [0.4, 0.5) is 21.0 Å². The zero-order valence-electron chi connectivity index (χ0n) is 35.2. The van der Waals surface area contributed by atoms with Crippen molar-refractivity contribution in [2.45, 2.75) is 32.2 Å². The largest absolute Gasteiger partial charge is 0.462 e. The summed E-state index contributed by atoms with van der Waals surface area (Å²) in [5.74, 6) is -0.966. The summed E-state index contributed by atoms with van der Waals surface area (Å²) < 4.78 is 42.7. The van der Waals surface area contributed by atoms with Crippen LogP contribution >= 0.6 is 22.7 Å². The van der Waals surface area contributed by atoms with Crippen LogP contribution in [0.15, 0.2) is 82.2 Å². The molecule has 340 valence electrons. The maximum atomic E-state index is 12.5. The lowest BCUT2D eigenvalue weighted by Gasteiger charge is -2.34. The molecular formula is C42H48N8O11S3. The van der Waals surface area contributed by atoms with Crippen LogP contribution < -0.4 is 20.4 Å². The summed E-state index contributed by atoms with van der Waals surface area (Å²) in [5.41, 5.74) is 3.21. The number of cyclic esters (lactones) is 2. The fourth-order valence-electron chi connectivity index (χ4n) is 6.67.